The highest BCUT2D eigenvalue weighted by Gasteiger charge is 2.61. The SMILES string of the molecule is CC1(C)CC1(CN)c1cccc2cn[nH]c12. The molecule has 0 aliphatic heterocycles. The van der Waals surface area contributed by atoms with Gasteiger partial charge >= 0.3 is 0 Å². The Morgan fingerprint density at radius 1 is 1.44 bits per heavy atom. The van der Waals surface area contributed by atoms with Gasteiger partial charge in [0.25, 0.3) is 0 Å². The Balaban J connectivity index is 2.23. The van der Waals surface area contributed by atoms with Crippen LogP contribution in [0.25, 0.3) is 10.9 Å². The van der Waals surface area contributed by atoms with Crippen molar-refractivity contribution in [3.05, 3.63) is 30.0 Å². The Kier molecular flexibility index (Phi) is 1.76. The summed E-state index contributed by atoms with van der Waals surface area (Å²) in [4.78, 5) is 0. The zero-order valence-electron chi connectivity index (χ0n) is 9.75. The Hall–Kier alpha value is -1.35. The molecule has 1 aromatic heterocycles. The molecule has 1 aliphatic rings. The van der Waals surface area contributed by atoms with Crippen molar-refractivity contribution in [2.45, 2.75) is 25.7 Å². The maximum Gasteiger partial charge on any atom is 0.0688 e. The number of hydrogen-bond donors (Lipinski definition) is 2. The first kappa shape index (κ1) is 9.85. The van der Waals surface area contributed by atoms with E-state index in [0.29, 0.717) is 12.0 Å². The van der Waals surface area contributed by atoms with Crippen LogP contribution in [-0.4, -0.2) is 16.7 Å². The molecule has 1 atom stereocenters. The smallest absolute Gasteiger partial charge is 0.0688 e. The number of aromatic amines is 1. The van der Waals surface area contributed by atoms with E-state index in [9.17, 15) is 0 Å². The molecule has 1 aliphatic carbocycles. The van der Waals surface area contributed by atoms with Gasteiger partial charge in [-0.3, -0.25) is 5.10 Å². The molecule has 1 heterocycles. The number of H-pyrrole nitrogens is 1. The number of nitrogens with two attached hydrogens (primary N) is 1. The normalized spacial score (nSPS) is 27.2. The van der Waals surface area contributed by atoms with Crippen molar-refractivity contribution >= 4 is 10.9 Å². The van der Waals surface area contributed by atoms with Gasteiger partial charge in [-0.25, -0.2) is 0 Å². The third kappa shape index (κ3) is 1.04. The second-order valence-corrected chi connectivity index (χ2v) is 5.49. The van der Waals surface area contributed by atoms with Crippen molar-refractivity contribution in [2.75, 3.05) is 6.54 Å². The van der Waals surface area contributed by atoms with Crippen LogP contribution in [-0.2, 0) is 5.41 Å². The highest BCUT2D eigenvalue weighted by Crippen LogP contribution is 2.64. The van der Waals surface area contributed by atoms with Gasteiger partial charge in [0, 0.05) is 17.3 Å². The second-order valence-electron chi connectivity index (χ2n) is 5.49. The molecule has 0 bridgehead atoms. The van der Waals surface area contributed by atoms with Crippen molar-refractivity contribution in [3.63, 3.8) is 0 Å². The van der Waals surface area contributed by atoms with Crippen molar-refractivity contribution in [2.24, 2.45) is 11.1 Å². The number of nitrogens with one attached hydrogen (secondary N) is 1. The molecule has 1 fully saturated rings. The van der Waals surface area contributed by atoms with Gasteiger partial charge in [0.05, 0.1) is 11.7 Å². The molecule has 0 amide bonds. The number of nitrogens with zero attached hydrogens (tertiary/aromatic N) is 1. The molecule has 0 spiro atoms. The van der Waals surface area contributed by atoms with Crippen LogP contribution >= 0.6 is 0 Å². The van der Waals surface area contributed by atoms with Gasteiger partial charge in [0.1, 0.15) is 0 Å². The highest BCUT2D eigenvalue weighted by atomic mass is 15.1. The molecule has 84 valence electrons. The number of para-hydroxylation sites is 1. The highest BCUT2D eigenvalue weighted by molar-refractivity contribution is 5.83. The number of aromatic nitrogens is 2. The van der Waals surface area contributed by atoms with Crippen LogP contribution in [0.5, 0.6) is 0 Å². The number of fused-ring (bicyclic) bond motifs is 1. The minimum absolute atomic E-state index is 0.138. The summed E-state index contributed by atoms with van der Waals surface area (Å²) in [6.45, 7) is 5.28. The maximum absolute atomic E-state index is 6.00. The molecule has 0 radical (unpaired) electrons. The molecule has 3 heteroatoms. The summed E-state index contributed by atoms with van der Waals surface area (Å²) >= 11 is 0. The van der Waals surface area contributed by atoms with Crippen molar-refractivity contribution < 1.29 is 0 Å². The average Bonchev–Trinajstić information content (AvgIpc) is 2.65. The molecule has 3 nitrogen and oxygen atoms in total. The van der Waals surface area contributed by atoms with Crippen molar-refractivity contribution in [3.8, 4) is 0 Å². The molecular weight excluding hydrogens is 198 g/mol. The Labute approximate surface area is 95.0 Å². The van der Waals surface area contributed by atoms with Gasteiger partial charge in [-0.15, -0.1) is 0 Å². The molecule has 1 saturated carbocycles. The van der Waals surface area contributed by atoms with Crippen LogP contribution in [0.1, 0.15) is 25.8 Å². The molecule has 1 unspecified atom stereocenters. The zero-order valence-corrected chi connectivity index (χ0v) is 9.75. The largest absolute Gasteiger partial charge is 0.330 e. The summed E-state index contributed by atoms with van der Waals surface area (Å²) < 4.78 is 0. The summed E-state index contributed by atoms with van der Waals surface area (Å²) in [5.41, 5.74) is 8.93. The number of benzene rings is 1. The lowest BCUT2D eigenvalue weighted by Crippen LogP contribution is -2.25. The quantitative estimate of drug-likeness (QED) is 0.806. The lowest BCUT2D eigenvalue weighted by Gasteiger charge is -2.19. The molecule has 3 N–H and O–H groups in total. The van der Waals surface area contributed by atoms with Crippen LogP contribution in [0.3, 0.4) is 0 Å². The Morgan fingerprint density at radius 3 is 2.81 bits per heavy atom. The first-order valence-electron chi connectivity index (χ1n) is 5.73. The predicted molar refractivity (Wildman–Crippen MR) is 65.2 cm³/mol. The van der Waals surface area contributed by atoms with Gasteiger partial charge < -0.3 is 5.73 Å². The Bertz CT molecular complexity index is 541. The summed E-state index contributed by atoms with van der Waals surface area (Å²) in [6, 6.07) is 6.36. The molecule has 0 saturated heterocycles. The van der Waals surface area contributed by atoms with E-state index in [4.69, 9.17) is 5.73 Å². The van der Waals surface area contributed by atoms with Crippen LogP contribution in [0, 0.1) is 5.41 Å². The average molecular weight is 215 g/mol. The summed E-state index contributed by atoms with van der Waals surface area (Å²) in [6.07, 6.45) is 3.03. The Morgan fingerprint density at radius 2 is 2.19 bits per heavy atom. The number of rotatable bonds is 2. The fraction of sp³-hybridized carbons (Fsp3) is 0.462. The molecular formula is C13H17N3. The van der Waals surface area contributed by atoms with E-state index >= 15 is 0 Å². The fourth-order valence-electron chi connectivity index (χ4n) is 3.00. The fourth-order valence-corrected chi connectivity index (χ4v) is 3.00. The van der Waals surface area contributed by atoms with Crippen LogP contribution in [0.15, 0.2) is 24.4 Å². The monoisotopic (exact) mass is 215 g/mol. The van der Waals surface area contributed by atoms with Crippen molar-refractivity contribution in [1.82, 2.24) is 10.2 Å². The molecule has 16 heavy (non-hydrogen) atoms. The van der Waals surface area contributed by atoms with Gasteiger partial charge in [-0.05, 0) is 17.4 Å². The minimum atomic E-state index is 0.138. The molecule has 1 aromatic carbocycles. The predicted octanol–water partition coefficient (Wildman–Crippen LogP) is 2.19. The van der Waals surface area contributed by atoms with E-state index in [0.717, 1.165) is 11.9 Å². The summed E-state index contributed by atoms with van der Waals surface area (Å²) in [7, 11) is 0. The lowest BCUT2D eigenvalue weighted by molar-refractivity contribution is 0.505. The minimum Gasteiger partial charge on any atom is -0.330 e. The van der Waals surface area contributed by atoms with E-state index in [1.807, 2.05) is 6.20 Å². The summed E-state index contributed by atoms with van der Waals surface area (Å²) in [5, 5.41) is 8.39. The number of hydrogen-bond acceptors (Lipinski definition) is 2. The van der Waals surface area contributed by atoms with Crippen molar-refractivity contribution in [1.29, 1.82) is 0 Å². The van der Waals surface area contributed by atoms with Gasteiger partial charge in [0.2, 0.25) is 0 Å². The van der Waals surface area contributed by atoms with E-state index in [1.165, 1.54) is 10.9 Å². The van der Waals surface area contributed by atoms with E-state index in [-0.39, 0.29) is 5.41 Å². The van der Waals surface area contributed by atoms with E-state index < -0.39 is 0 Å². The van der Waals surface area contributed by atoms with Crippen LogP contribution < -0.4 is 5.73 Å². The maximum atomic E-state index is 6.00. The van der Waals surface area contributed by atoms with Crippen LogP contribution in [0.2, 0.25) is 0 Å². The zero-order chi connectivity index (χ0) is 11.4. The van der Waals surface area contributed by atoms with Gasteiger partial charge in [-0.1, -0.05) is 32.0 Å². The van der Waals surface area contributed by atoms with E-state index in [2.05, 4.69) is 42.2 Å². The first-order valence-corrected chi connectivity index (χ1v) is 5.73. The topological polar surface area (TPSA) is 54.7 Å². The summed E-state index contributed by atoms with van der Waals surface area (Å²) in [5.74, 6) is 0. The van der Waals surface area contributed by atoms with Gasteiger partial charge in [0.15, 0.2) is 0 Å². The third-order valence-electron chi connectivity index (χ3n) is 4.25. The van der Waals surface area contributed by atoms with Gasteiger partial charge in [-0.2, -0.15) is 5.10 Å². The first-order chi connectivity index (χ1) is 7.61. The molecule has 3 rings (SSSR count). The second kappa shape index (κ2) is 2.86. The molecule has 2 aromatic rings. The lowest BCUT2D eigenvalue weighted by atomic mass is 9.87. The third-order valence-corrected chi connectivity index (χ3v) is 4.25. The standard InChI is InChI=1S/C13H17N3/c1-12(2)7-13(12,8-14)10-5-3-4-9-6-15-16-11(9)10/h3-6H,7-8,14H2,1-2H3,(H,15,16). The van der Waals surface area contributed by atoms with Crippen LogP contribution in [0.4, 0.5) is 0 Å². The van der Waals surface area contributed by atoms with E-state index in [1.54, 1.807) is 0 Å².